The Balaban J connectivity index is 3.64. The van der Waals surface area contributed by atoms with Gasteiger partial charge in [0.05, 0.1) is 7.11 Å². The van der Waals surface area contributed by atoms with Crippen molar-refractivity contribution in [2.45, 2.75) is 20.8 Å². The van der Waals surface area contributed by atoms with Gasteiger partial charge in [0.15, 0.2) is 5.78 Å². The first-order chi connectivity index (χ1) is 4.48. The summed E-state index contributed by atoms with van der Waals surface area (Å²) in [7, 11) is 1.38. The summed E-state index contributed by atoms with van der Waals surface area (Å²) in [5, 5.41) is 0. The van der Waals surface area contributed by atoms with Crippen LogP contribution in [0.2, 0.25) is 0 Å². The zero-order valence-electron chi connectivity index (χ0n) is 6.93. The Morgan fingerprint density at radius 3 is 2.20 bits per heavy atom. The molecule has 0 rings (SSSR count). The van der Waals surface area contributed by atoms with E-state index >= 15 is 0 Å². The van der Waals surface area contributed by atoms with Crippen molar-refractivity contribution in [1.29, 1.82) is 0 Å². The molecule has 0 aliphatic heterocycles. The van der Waals surface area contributed by atoms with Crippen LogP contribution < -0.4 is 0 Å². The van der Waals surface area contributed by atoms with Crippen LogP contribution in [0.25, 0.3) is 0 Å². The summed E-state index contributed by atoms with van der Waals surface area (Å²) in [6, 6.07) is 0. The minimum Gasteiger partial charge on any atom is -0.296 e. The predicted octanol–water partition coefficient (Wildman–Crippen LogP) is 1.18. The molecule has 3 nitrogen and oxygen atoms in total. The van der Waals surface area contributed by atoms with E-state index in [-0.39, 0.29) is 17.8 Å². The lowest BCUT2D eigenvalue weighted by Gasteiger charge is -2.14. The third-order valence-electron chi connectivity index (χ3n) is 1.14. The van der Waals surface area contributed by atoms with E-state index in [1.807, 2.05) is 20.8 Å². The van der Waals surface area contributed by atoms with Crippen molar-refractivity contribution in [3.8, 4) is 0 Å². The van der Waals surface area contributed by atoms with Gasteiger partial charge in [0.2, 0.25) is 0 Å². The first kappa shape index (κ1) is 9.59. The molecule has 10 heavy (non-hydrogen) atoms. The molecule has 60 valence electrons. The second kappa shape index (κ2) is 3.68. The van der Waals surface area contributed by atoms with E-state index in [1.54, 1.807) is 0 Å². The Morgan fingerprint density at radius 2 is 1.90 bits per heavy atom. The van der Waals surface area contributed by atoms with Gasteiger partial charge in [0, 0.05) is 5.41 Å². The normalized spacial score (nSPS) is 11.6. The molecule has 3 heteroatoms. The molecule has 0 saturated carbocycles. The van der Waals surface area contributed by atoms with Crippen LogP contribution in [0.5, 0.6) is 0 Å². The second-order valence-electron chi connectivity index (χ2n) is 3.10. The Kier molecular flexibility index (Phi) is 3.53. The van der Waals surface area contributed by atoms with E-state index in [0.29, 0.717) is 0 Å². The summed E-state index contributed by atoms with van der Waals surface area (Å²) in [6.07, 6.45) is 0. The molecular formula is C7H14O3. The third-order valence-corrected chi connectivity index (χ3v) is 1.14. The maximum atomic E-state index is 11.0. The number of hydrogen-bond donors (Lipinski definition) is 0. The first-order valence-corrected chi connectivity index (χ1v) is 3.17. The van der Waals surface area contributed by atoms with E-state index in [1.165, 1.54) is 7.11 Å². The maximum absolute atomic E-state index is 11.0. The Hall–Kier alpha value is -0.410. The second-order valence-corrected chi connectivity index (χ2v) is 3.10. The number of ketones is 1. The predicted molar refractivity (Wildman–Crippen MR) is 37.4 cm³/mol. The molecule has 0 aromatic rings. The molecule has 0 aliphatic rings. The zero-order valence-corrected chi connectivity index (χ0v) is 6.93. The highest BCUT2D eigenvalue weighted by atomic mass is 17.2. The lowest BCUT2D eigenvalue weighted by molar-refractivity contribution is -0.268. The molecule has 0 amide bonds. The van der Waals surface area contributed by atoms with Crippen LogP contribution in [0, 0.1) is 5.41 Å². The van der Waals surface area contributed by atoms with Gasteiger partial charge < -0.3 is 0 Å². The lowest BCUT2D eigenvalue weighted by atomic mass is 9.91. The van der Waals surface area contributed by atoms with E-state index in [4.69, 9.17) is 0 Å². The van der Waals surface area contributed by atoms with E-state index in [2.05, 4.69) is 9.78 Å². The van der Waals surface area contributed by atoms with Crippen molar-refractivity contribution in [2.24, 2.45) is 5.41 Å². The average Bonchev–Trinajstić information content (AvgIpc) is 1.80. The van der Waals surface area contributed by atoms with Gasteiger partial charge in [-0.25, -0.2) is 9.78 Å². The summed E-state index contributed by atoms with van der Waals surface area (Å²) in [6.45, 7) is 5.55. The molecule has 0 unspecified atom stereocenters. The van der Waals surface area contributed by atoms with Gasteiger partial charge in [-0.15, -0.1) is 0 Å². The van der Waals surface area contributed by atoms with Crippen LogP contribution in [0.15, 0.2) is 0 Å². The number of rotatable bonds is 3. The number of carbonyl (C=O) groups excluding carboxylic acids is 1. The summed E-state index contributed by atoms with van der Waals surface area (Å²) in [5.74, 6) is 0.0364. The standard InChI is InChI=1S/C7H14O3/c1-7(2,3)6(8)5-10-9-4/h5H2,1-4H3. The van der Waals surface area contributed by atoms with Gasteiger partial charge >= 0.3 is 0 Å². The molecule has 0 radical (unpaired) electrons. The molecule has 0 spiro atoms. The molecule has 0 aliphatic carbocycles. The van der Waals surface area contributed by atoms with E-state index in [0.717, 1.165) is 0 Å². The van der Waals surface area contributed by atoms with Gasteiger partial charge in [0.25, 0.3) is 0 Å². The fourth-order valence-corrected chi connectivity index (χ4v) is 0.329. The van der Waals surface area contributed by atoms with Gasteiger partial charge in [0.1, 0.15) is 6.61 Å². The van der Waals surface area contributed by atoms with Crippen LogP contribution in [-0.2, 0) is 14.6 Å². The topological polar surface area (TPSA) is 35.5 Å². The first-order valence-electron chi connectivity index (χ1n) is 3.17. The highest BCUT2D eigenvalue weighted by Crippen LogP contribution is 2.13. The van der Waals surface area contributed by atoms with Crippen LogP contribution in [0.1, 0.15) is 20.8 Å². The smallest absolute Gasteiger partial charge is 0.167 e. The number of Topliss-reactive ketones (excluding diaryl/α,β-unsaturated/α-hetero) is 1. The molecule has 0 atom stereocenters. The molecular weight excluding hydrogens is 132 g/mol. The van der Waals surface area contributed by atoms with Crippen LogP contribution in [0.3, 0.4) is 0 Å². The van der Waals surface area contributed by atoms with Crippen molar-refractivity contribution in [3.05, 3.63) is 0 Å². The minimum absolute atomic E-state index is 0.0278. The molecule has 0 aromatic heterocycles. The average molecular weight is 146 g/mol. The van der Waals surface area contributed by atoms with Crippen molar-refractivity contribution in [1.82, 2.24) is 0 Å². The van der Waals surface area contributed by atoms with Crippen molar-refractivity contribution >= 4 is 5.78 Å². The van der Waals surface area contributed by atoms with Crippen LogP contribution in [-0.4, -0.2) is 19.5 Å². The fraction of sp³-hybridized carbons (Fsp3) is 0.857. The number of hydrogen-bond acceptors (Lipinski definition) is 3. The zero-order chi connectivity index (χ0) is 8.20. The van der Waals surface area contributed by atoms with Crippen LogP contribution >= 0.6 is 0 Å². The SMILES string of the molecule is COOCC(=O)C(C)(C)C. The Bertz CT molecular complexity index is 113. The largest absolute Gasteiger partial charge is 0.296 e. The van der Waals surface area contributed by atoms with Crippen LogP contribution in [0.4, 0.5) is 0 Å². The molecule has 0 aromatic carbocycles. The monoisotopic (exact) mass is 146 g/mol. The van der Waals surface area contributed by atoms with Gasteiger partial charge in [-0.2, -0.15) is 0 Å². The molecule has 0 N–H and O–H groups in total. The molecule has 0 saturated heterocycles. The van der Waals surface area contributed by atoms with E-state index < -0.39 is 0 Å². The lowest BCUT2D eigenvalue weighted by Crippen LogP contribution is -2.24. The quantitative estimate of drug-likeness (QED) is 0.443. The van der Waals surface area contributed by atoms with Gasteiger partial charge in [-0.1, -0.05) is 20.8 Å². The third kappa shape index (κ3) is 3.58. The highest BCUT2D eigenvalue weighted by molar-refractivity contribution is 5.84. The van der Waals surface area contributed by atoms with Crippen molar-refractivity contribution in [3.63, 3.8) is 0 Å². The summed E-state index contributed by atoms with van der Waals surface area (Å²) in [5.41, 5.74) is -0.335. The summed E-state index contributed by atoms with van der Waals surface area (Å²) >= 11 is 0. The maximum Gasteiger partial charge on any atom is 0.167 e. The minimum atomic E-state index is -0.335. The highest BCUT2D eigenvalue weighted by Gasteiger charge is 2.20. The molecule has 0 heterocycles. The van der Waals surface area contributed by atoms with Crippen molar-refractivity contribution < 1.29 is 14.6 Å². The fourth-order valence-electron chi connectivity index (χ4n) is 0.329. The Labute approximate surface area is 61.2 Å². The molecule has 0 bridgehead atoms. The summed E-state index contributed by atoms with van der Waals surface area (Å²) < 4.78 is 0. The van der Waals surface area contributed by atoms with E-state index in [9.17, 15) is 4.79 Å². The van der Waals surface area contributed by atoms with Crippen molar-refractivity contribution in [2.75, 3.05) is 13.7 Å². The number of carbonyl (C=O) groups is 1. The molecule has 0 fully saturated rings. The summed E-state index contributed by atoms with van der Waals surface area (Å²) in [4.78, 5) is 19.8. The Morgan fingerprint density at radius 1 is 1.40 bits per heavy atom. The van der Waals surface area contributed by atoms with Gasteiger partial charge in [-0.05, 0) is 0 Å². The van der Waals surface area contributed by atoms with Gasteiger partial charge in [-0.3, -0.25) is 4.79 Å².